The zero-order chi connectivity index (χ0) is 23.8. The Hall–Kier alpha value is -2.29. The predicted octanol–water partition coefficient (Wildman–Crippen LogP) is 2.63. The summed E-state index contributed by atoms with van der Waals surface area (Å²) in [6.07, 6.45) is 5.39. The van der Waals surface area contributed by atoms with Crippen molar-refractivity contribution in [3.05, 3.63) is 37.0 Å². The number of hydrogen-bond acceptors (Lipinski definition) is 8. The Morgan fingerprint density at radius 2 is 1.81 bits per heavy atom. The summed E-state index contributed by atoms with van der Waals surface area (Å²) in [6, 6.07) is 0. The molecule has 0 aromatic carbocycles. The van der Waals surface area contributed by atoms with Crippen LogP contribution >= 0.6 is 0 Å². The fourth-order valence-electron chi connectivity index (χ4n) is 2.44. The Kier molecular flexibility index (Phi) is 15.2. The number of aliphatic hydroxyl groups is 2. The number of carbonyl (C=O) groups excluding carboxylic acids is 3. The van der Waals surface area contributed by atoms with Gasteiger partial charge in [0.25, 0.3) is 0 Å². The van der Waals surface area contributed by atoms with Crippen molar-refractivity contribution in [2.24, 2.45) is 5.92 Å². The van der Waals surface area contributed by atoms with Crippen molar-refractivity contribution in [1.29, 1.82) is 0 Å². The molecule has 1 rings (SSSR count). The number of rotatable bonds is 14. The van der Waals surface area contributed by atoms with Gasteiger partial charge in [-0.1, -0.05) is 59.3 Å². The average Bonchev–Trinajstić information content (AvgIpc) is 3.58. The maximum atomic E-state index is 11.9. The standard InChI is InChI=1S/C17H26O4.C6H10O4/c1-5-7-8-14(6-2)9-12(3)16(18)21-17(19)13(4)10-15-11-20-15;1-2-6(9)10-4-5(8)3-7/h14-15H,3-11H2,1-2H3;2,5,7-8H,1,3-4H2. The number of epoxide rings is 1. The summed E-state index contributed by atoms with van der Waals surface area (Å²) in [6.45, 7) is 14.8. The zero-order valence-corrected chi connectivity index (χ0v) is 18.6. The van der Waals surface area contributed by atoms with Gasteiger partial charge in [-0.15, -0.1) is 0 Å². The van der Waals surface area contributed by atoms with E-state index in [1.54, 1.807) is 0 Å². The van der Waals surface area contributed by atoms with Crippen molar-refractivity contribution < 1.29 is 38.8 Å². The minimum atomic E-state index is -0.996. The average molecular weight is 441 g/mol. The van der Waals surface area contributed by atoms with E-state index in [0.29, 0.717) is 30.9 Å². The SMILES string of the molecule is C=C(CC(CC)CCCC)C(=O)OC(=O)C(=C)CC1CO1.C=CC(=O)OCC(O)CO. The Morgan fingerprint density at radius 1 is 1.19 bits per heavy atom. The second-order valence-electron chi connectivity index (χ2n) is 7.33. The molecule has 1 saturated heterocycles. The minimum absolute atomic E-state index is 0.0573. The molecule has 0 aliphatic carbocycles. The van der Waals surface area contributed by atoms with Gasteiger partial charge in [0.05, 0.1) is 19.3 Å². The topological polar surface area (TPSA) is 123 Å². The fourth-order valence-corrected chi connectivity index (χ4v) is 2.44. The van der Waals surface area contributed by atoms with Crippen LogP contribution in [0.15, 0.2) is 37.0 Å². The fraction of sp³-hybridized carbons (Fsp3) is 0.609. The van der Waals surface area contributed by atoms with E-state index in [2.05, 4.69) is 38.3 Å². The first-order chi connectivity index (χ1) is 14.7. The molecule has 1 aliphatic heterocycles. The second kappa shape index (κ2) is 16.4. The van der Waals surface area contributed by atoms with Crippen molar-refractivity contribution in [1.82, 2.24) is 0 Å². The highest BCUT2D eigenvalue weighted by Gasteiger charge is 2.27. The lowest BCUT2D eigenvalue weighted by molar-refractivity contribution is -0.154. The van der Waals surface area contributed by atoms with E-state index in [0.717, 1.165) is 31.8 Å². The molecule has 0 saturated carbocycles. The Morgan fingerprint density at radius 3 is 2.29 bits per heavy atom. The minimum Gasteiger partial charge on any atom is -0.460 e. The summed E-state index contributed by atoms with van der Waals surface area (Å²) in [5.74, 6) is -1.48. The molecule has 0 spiro atoms. The van der Waals surface area contributed by atoms with E-state index in [1.165, 1.54) is 0 Å². The molecule has 176 valence electrons. The van der Waals surface area contributed by atoms with Crippen LogP contribution in [0.5, 0.6) is 0 Å². The molecule has 8 nitrogen and oxygen atoms in total. The Balaban J connectivity index is 0.000000759. The van der Waals surface area contributed by atoms with Crippen molar-refractivity contribution in [3.63, 3.8) is 0 Å². The molecule has 31 heavy (non-hydrogen) atoms. The van der Waals surface area contributed by atoms with Crippen LogP contribution in [0, 0.1) is 5.92 Å². The molecule has 0 aromatic heterocycles. The monoisotopic (exact) mass is 440 g/mol. The molecule has 0 aromatic rings. The molecule has 0 amide bonds. The molecule has 1 fully saturated rings. The summed E-state index contributed by atoms with van der Waals surface area (Å²) >= 11 is 0. The van der Waals surface area contributed by atoms with Crippen molar-refractivity contribution >= 4 is 17.9 Å². The maximum Gasteiger partial charge on any atom is 0.341 e. The van der Waals surface area contributed by atoms with Crippen LogP contribution in [0.4, 0.5) is 0 Å². The van der Waals surface area contributed by atoms with Gasteiger partial charge in [0.2, 0.25) is 0 Å². The third-order valence-electron chi connectivity index (χ3n) is 4.51. The summed E-state index contributed by atoms with van der Waals surface area (Å²) in [5.41, 5.74) is 0.637. The molecule has 1 aliphatic rings. The second-order valence-corrected chi connectivity index (χ2v) is 7.33. The lowest BCUT2D eigenvalue weighted by Gasteiger charge is -2.15. The van der Waals surface area contributed by atoms with Gasteiger partial charge in [0.1, 0.15) is 12.7 Å². The summed E-state index contributed by atoms with van der Waals surface area (Å²) in [4.78, 5) is 33.9. The van der Waals surface area contributed by atoms with Gasteiger partial charge in [-0.3, -0.25) is 0 Å². The molecule has 0 radical (unpaired) electrons. The highest BCUT2D eigenvalue weighted by molar-refractivity contribution is 6.01. The number of hydrogen-bond donors (Lipinski definition) is 2. The van der Waals surface area contributed by atoms with Crippen LogP contribution in [0.1, 0.15) is 52.4 Å². The first kappa shape index (κ1) is 28.7. The van der Waals surface area contributed by atoms with Gasteiger partial charge in [-0.05, 0) is 12.3 Å². The largest absolute Gasteiger partial charge is 0.460 e. The van der Waals surface area contributed by atoms with E-state index in [-0.39, 0.29) is 18.3 Å². The van der Waals surface area contributed by atoms with Gasteiger partial charge in [-0.25, -0.2) is 14.4 Å². The van der Waals surface area contributed by atoms with Gasteiger partial charge in [-0.2, -0.15) is 0 Å². The van der Waals surface area contributed by atoms with Crippen LogP contribution in [0.2, 0.25) is 0 Å². The maximum absolute atomic E-state index is 11.9. The number of esters is 3. The van der Waals surface area contributed by atoms with E-state index in [4.69, 9.17) is 19.7 Å². The van der Waals surface area contributed by atoms with Crippen LogP contribution in [-0.2, 0) is 28.6 Å². The number of aliphatic hydroxyl groups excluding tert-OH is 2. The van der Waals surface area contributed by atoms with Crippen LogP contribution in [-0.4, -0.2) is 60.1 Å². The highest BCUT2D eigenvalue weighted by atomic mass is 16.6. The van der Waals surface area contributed by atoms with Gasteiger partial charge >= 0.3 is 17.9 Å². The third-order valence-corrected chi connectivity index (χ3v) is 4.51. The van der Waals surface area contributed by atoms with Crippen LogP contribution in [0.3, 0.4) is 0 Å². The van der Waals surface area contributed by atoms with Gasteiger partial charge in [0, 0.05) is 23.6 Å². The molecular formula is C23H36O8. The van der Waals surface area contributed by atoms with E-state index < -0.39 is 30.6 Å². The van der Waals surface area contributed by atoms with E-state index in [1.807, 2.05) is 0 Å². The smallest absolute Gasteiger partial charge is 0.341 e. The van der Waals surface area contributed by atoms with Crippen molar-refractivity contribution in [2.75, 3.05) is 19.8 Å². The zero-order valence-electron chi connectivity index (χ0n) is 18.6. The van der Waals surface area contributed by atoms with Crippen molar-refractivity contribution in [3.8, 4) is 0 Å². The van der Waals surface area contributed by atoms with E-state index in [9.17, 15) is 14.4 Å². The van der Waals surface area contributed by atoms with Crippen LogP contribution in [0.25, 0.3) is 0 Å². The predicted molar refractivity (Wildman–Crippen MR) is 116 cm³/mol. The Labute approximate surface area is 184 Å². The molecule has 8 heteroatoms. The molecule has 2 N–H and O–H groups in total. The Bertz CT molecular complexity index is 621. The third kappa shape index (κ3) is 14.4. The van der Waals surface area contributed by atoms with Gasteiger partial charge in [0.15, 0.2) is 0 Å². The van der Waals surface area contributed by atoms with Crippen molar-refractivity contribution in [2.45, 2.75) is 64.6 Å². The lowest BCUT2D eigenvalue weighted by Crippen LogP contribution is -2.21. The summed E-state index contributed by atoms with van der Waals surface area (Å²) < 4.78 is 14.2. The van der Waals surface area contributed by atoms with Crippen LogP contribution < -0.4 is 0 Å². The quantitative estimate of drug-likeness (QED) is 0.183. The molecule has 1 heterocycles. The van der Waals surface area contributed by atoms with Gasteiger partial charge < -0.3 is 24.4 Å². The number of ether oxygens (including phenoxy) is 3. The number of unbranched alkanes of at least 4 members (excludes halogenated alkanes) is 1. The normalized spacial score (nSPS) is 16.1. The first-order valence-corrected chi connectivity index (χ1v) is 10.5. The molecule has 0 bridgehead atoms. The first-order valence-electron chi connectivity index (χ1n) is 10.5. The lowest BCUT2D eigenvalue weighted by atomic mass is 9.92. The highest BCUT2D eigenvalue weighted by Crippen LogP contribution is 2.22. The molecule has 3 unspecified atom stereocenters. The molecule has 3 atom stereocenters. The molecular weight excluding hydrogens is 404 g/mol. The summed E-state index contributed by atoms with van der Waals surface area (Å²) in [5, 5.41) is 16.9. The number of carbonyl (C=O) groups is 3. The van der Waals surface area contributed by atoms with E-state index >= 15 is 0 Å². The summed E-state index contributed by atoms with van der Waals surface area (Å²) in [7, 11) is 0.